The van der Waals surface area contributed by atoms with Crippen molar-refractivity contribution in [3.63, 3.8) is 0 Å². The molecule has 2 aliphatic rings. The molecule has 2 atom stereocenters. The summed E-state index contributed by atoms with van der Waals surface area (Å²) in [5.41, 5.74) is 9.23. The van der Waals surface area contributed by atoms with Crippen molar-refractivity contribution in [3.8, 4) is 16.9 Å². The highest BCUT2D eigenvalue weighted by molar-refractivity contribution is 6.30. The van der Waals surface area contributed by atoms with Gasteiger partial charge in [0.1, 0.15) is 18.2 Å². The van der Waals surface area contributed by atoms with Crippen LogP contribution in [0.4, 0.5) is 4.39 Å². The Hall–Kier alpha value is -3.37. The van der Waals surface area contributed by atoms with Crippen LogP contribution in [0.15, 0.2) is 85.0 Å². The molecule has 5 heteroatoms. The van der Waals surface area contributed by atoms with Gasteiger partial charge in [0.2, 0.25) is 5.91 Å². The van der Waals surface area contributed by atoms with Crippen LogP contribution in [-0.2, 0) is 6.61 Å². The van der Waals surface area contributed by atoms with E-state index in [0.29, 0.717) is 33.7 Å². The number of primary amides is 1. The molecule has 0 saturated heterocycles. The number of ether oxygens (including phenoxy) is 1. The van der Waals surface area contributed by atoms with Crippen molar-refractivity contribution in [1.29, 1.82) is 0 Å². The number of allylic oxidation sites excluding steroid dienone is 4. The average molecular weight is 516 g/mol. The molecule has 0 radical (unpaired) electrons. The molecule has 0 bridgehead atoms. The minimum Gasteiger partial charge on any atom is -0.489 e. The van der Waals surface area contributed by atoms with Gasteiger partial charge in [-0.2, -0.15) is 0 Å². The number of nitrogens with two attached hydrogens (primary N) is 1. The predicted octanol–water partition coefficient (Wildman–Crippen LogP) is 8.23. The van der Waals surface area contributed by atoms with Crippen molar-refractivity contribution in [2.24, 2.45) is 17.6 Å². The van der Waals surface area contributed by atoms with E-state index in [1.165, 1.54) is 38.2 Å². The molecule has 3 aromatic rings. The van der Waals surface area contributed by atoms with E-state index >= 15 is 4.39 Å². The summed E-state index contributed by atoms with van der Waals surface area (Å²) in [7, 11) is 0. The zero-order valence-electron chi connectivity index (χ0n) is 20.7. The normalized spacial score (nSPS) is 19.6. The van der Waals surface area contributed by atoms with E-state index < -0.39 is 5.91 Å². The summed E-state index contributed by atoms with van der Waals surface area (Å²) < 4.78 is 21.5. The van der Waals surface area contributed by atoms with E-state index in [1.54, 1.807) is 12.1 Å². The first-order valence-corrected chi connectivity index (χ1v) is 13.3. The van der Waals surface area contributed by atoms with Crippen LogP contribution in [0, 0.1) is 17.7 Å². The summed E-state index contributed by atoms with van der Waals surface area (Å²) in [4.78, 5) is 11.8. The second kappa shape index (κ2) is 11.4. The molecule has 5 rings (SSSR count). The Kier molecular flexibility index (Phi) is 7.76. The minimum absolute atomic E-state index is 0.0332. The number of benzene rings is 3. The second-order valence-corrected chi connectivity index (χ2v) is 10.4. The summed E-state index contributed by atoms with van der Waals surface area (Å²) >= 11 is 6.05. The summed E-state index contributed by atoms with van der Waals surface area (Å²) in [6, 6.07) is 17.9. The number of hydrogen-bond acceptors (Lipinski definition) is 2. The molecule has 0 heterocycles. The first-order valence-electron chi connectivity index (χ1n) is 13.0. The zero-order chi connectivity index (χ0) is 25.8. The molecule has 3 aromatic carbocycles. The fourth-order valence-electron chi connectivity index (χ4n) is 5.71. The molecule has 2 N–H and O–H groups in total. The van der Waals surface area contributed by atoms with Gasteiger partial charge in [-0.05, 0) is 77.3 Å². The SMILES string of the molecule is NC(=O)c1ccc(-c2ccc(Cl)cc2)c(COc2ccc(C3C=CC=CC3C3CCCCC3)c(F)c2)c1. The van der Waals surface area contributed by atoms with Gasteiger partial charge in [-0.25, -0.2) is 4.39 Å². The summed E-state index contributed by atoms with van der Waals surface area (Å²) in [6.07, 6.45) is 14.8. The van der Waals surface area contributed by atoms with E-state index in [0.717, 1.165) is 16.7 Å². The number of halogens is 2. The third-order valence-corrected chi connectivity index (χ3v) is 7.89. The zero-order valence-corrected chi connectivity index (χ0v) is 21.5. The first-order chi connectivity index (χ1) is 18.0. The Morgan fingerprint density at radius 3 is 2.43 bits per heavy atom. The van der Waals surface area contributed by atoms with Crippen molar-refractivity contribution in [3.05, 3.63) is 112 Å². The molecule has 37 heavy (non-hydrogen) atoms. The minimum atomic E-state index is -0.513. The number of rotatable bonds is 7. The van der Waals surface area contributed by atoms with Gasteiger partial charge in [0.15, 0.2) is 0 Å². The maximum absolute atomic E-state index is 15.4. The highest BCUT2D eigenvalue weighted by atomic mass is 35.5. The van der Waals surface area contributed by atoms with Gasteiger partial charge < -0.3 is 10.5 Å². The second-order valence-electron chi connectivity index (χ2n) is 9.99. The highest BCUT2D eigenvalue weighted by Crippen LogP contribution is 2.42. The van der Waals surface area contributed by atoms with E-state index in [-0.39, 0.29) is 18.3 Å². The van der Waals surface area contributed by atoms with Crippen LogP contribution in [0.5, 0.6) is 5.75 Å². The molecule has 0 spiro atoms. The maximum atomic E-state index is 15.4. The number of amides is 1. The molecule has 0 aliphatic heterocycles. The number of hydrogen-bond donors (Lipinski definition) is 1. The lowest BCUT2D eigenvalue weighted by atomic mass is 9.70. The molecular weight excluding hydrogens is 485 g/mol. The number of carbonyl (C=O) groups is 1. The van der Waals surface area contributed by atoms with E-state index in [4.69, 9.17) is 22.1 Å². The van der Waals surface area contributed by atoms with E-state index in [2.05, 4.69) is 18.2 Å². The monoisotopic (exact) mass is 515 g/mol. The highest BCUT2D eigenvalue weighted by Gasteiger charge is 2.31. The van der Waals surface area contributed by atoms with Gasteiger partial charge in [0.25, 0.3) is 0 Å². The van der Waals surface area contributed by atoms with E-state index in [1.807, 2.05) is 48.5 Å². The number of carbonyl (C=O) groups excluding carboxylic acids is 1. The fraction of sp³-hybridized carbons (Fsp3) is 0.281. The van der Waals surface area contributed by atoms with Crippen molar-refractivity contribution >= 4 is 17.5 Å². The first kappa shape index (κ1) is 25.3. The molecule has 2 aliphatic carbocycles. The van der Waals surface area contributed by atoms with Crippen LogP contribution in [0.25, 0.3) is 11.1 Å². The van der Waals surface area contributed by atoms with E-state index in [9.17, 15) is 4.79 Å². The third-order valence-electron chi connectivity index (χ3n) is 7.64. The van der Waals surface area contributed by atoms with Gasteiger partial charge >= 0.3 is 0 Å². The van der Waals surface area contributed by atoms with Crippen molar-refractivity contribution < 1.29 is 13.9 Å². The van der Waals surface area contributed by atoms with Crippen LogP contribution in [-0.4, -0.2) is 5.91 Å². The van der Waals surface area contributed by atoms with Gasteiger partial charge in [0, 0.05) is 22.6 Å². The topological polar surface area (TPSA) is 52.3 Å². The lowest BCUT2D eigenvalue weighted by Crippen LogP contribution is -2.23. The summed E-state index contributed by atoms with van der Waals surface area (Å²) in [5, 5.41) is 0.639. The van der Waals surface area contributed by atoms with Crippen LogP contribution in [0.2, 0.25) is 5.02 Å². The Morgan fingerprint density at radius 2 is 1.70 bits per heavy atom. The Morgan fingerprint density at radius 1 is 0.946 bits per heavy atom. The molecule has 1 saturated carbocycles. The predicted molar refractivity (Wildman–Crippen MR) is 147 cm³/mol. The maximum Gasteiger partial charge on any atom is 0.248 e. The quantitative estimate of drug-likeness (QED) is 0.344. The molecule has 1 amide bonds. The van der Waals surface area contributed by atoms with Gasteiger partial charge in [-0.1, -0.05) is 79.4 Å². The van der Waals surface area contributed by atoms with Crippen LogP contribution in [0.3, 0.4) is 0 Å². The van der Waals surface area contributed by atoms with Gasteiger partial charge in [0.05, 0.1) is 0 Å². The van der Waals surface area contributed by atoms with Crippen molar-refractivity contribution in [1.82, 2.24) is 0 Å². The summed E-state index contributed by atoms with van der Waals surface area (Å²) in [5.74, 6) is 0.626. The molecule has 1 fully saturated rings. The third kappa shape index (κ3) is 5.80. The van der Waals surface area contributed by atoms with Crippen molar-refractivity contribution in [2.45, 2.75) is 44.6 Å². The lowest BCUT2D eigenvalue weighted by Gasteiger charge is -2.34. The fourth-order valence-corrected chi connectivity index (χ4v) is 5.84. The molecule has 3 nitrogen and oxygen atoms in total. The lowest BCUT2D eigenvalue weighted by molar-refractivity contribution is 0.1000. The molecule has 0 aromatic heterocycles. The smallest absolute Gasteiger partial charge is 0.248 e. The van der Waals surface area contributed by atoms with Crippen LogP contribution < -0.4 is 10.5 Å². The standard InChI is InChI=1S/C32H31ClFNO2/c33-25-13-10-22(11-14-25)27-16-12-23(32(35)36)18-24(27)20-37-26-15-17-30(31(34)19-26)29-9-5-4-8-28(29)21-6-2-1-3-7-21/h4-5,8-19,21,28-29H,1-3,6-7,20H2,(H2,35,36). The Labute approximate surface area is 222 Å². The Balaban J connectivity index is 1.36. The van der Waals surface area contributed by atoms with Crippen LogP contribution in [0.1, 0.15) is 59.5 Å². The molecule has 2 unspecified atom stereocenters. The van der Waals surface area contributed by atoms with Crippen LogP contribution >= 0.6 is 11.6 Å². The molecule has 190 valence electrons. The van der Waals surface area contributed by atoms with Gasteiger partial charge in [-0.3, -0.25) is 4.79 Å². The Bertz CT molecular complexity index is 1330. The molecular formula is C32H31ClFNO2. The largest absolute Gasteiger partial charge is 0.489 e. The van der Waals surface area contributed by atoms with Crippen molar-refractivity contribution in [2.75, 3.05) is 0 Å². The summed E-state index contributed by atoms with van der Waals surface area (Å²) in [6.45, 7) is 0.161. The van der Waals surface area contributed by atoms with Gasteiger partial charge in [-0.15, -0.1) is 0 Å². The average Bonchev–Trinajstić information content (AvgIpc) is 2.93.